The van der Waals surface area contributed by atoms with E-state index in [1.165, 1.54) is 12.0 Å². The molecule has 0 N–H and O–H groups in total. The molecule has 3 nitrogen and oxygen atoms in total. The molecule has 1 saturated carbocycles. The molecule has 0 radical (unpaired) electrons. The van der Waals surface area contributed by atoms with Crippen molar-refractivity contribution in [1.29, 1.82) is 0 Å². The predicted octanol–water partition coefficient (Wildman–Crippen LogP) is 3.92. The Morgan fingerprint density at radius 3 is 2.39 bits per heavy atom. The fourth-order valence-corrected chi connectivity index (χ4v) is 5.82. The first-order valence-electron chi connectivity index (χ1n) is 8.32. The number of sulfonamides is 1. The first-order valence-corrected chi connectivity index (χ1v) is 9.76. The zero-order valence-electron chi connectivity index (χ0n) is 13.1. The summed E-state index contributed by atoms with van der Waals surface area (Å²) >= 11 is 0. The Kier molecular flexibility index (Phi) is 3.74. The van der Waals surface area contributed by atoms with E-state index in [0.29, 0.717) is 17.4 Å². The molecule has 4 rings (SSSR count). The Hall–Kier alpha value is -1.65. The molecule has 2 aromatic carbocycles. The molecule has 2 aromatic rings. The summed E-state index contributed by atoms with van der Waals surface area (Å²) in [6.07, 6.45) is 4.35. The van der Waals surface area contributed by atoms with E-state index in [9.17, 15) is 8.42 Å². The van der Waals surface area contributed by atoms with Crippen LogP contribution in [0.2, 0.25) is 0 Å². The number of hydrogen-bond acceptors (Lipinski definition) is 2. The number of benzene rings is 2. The van der Waals surface area contributed by atoms with Crippen LogP contribution in [0.1, 0.15) is 42.7 Å². The van der Waals surface area contributed by atoms with E-state index >= 15 is 0 Å². The fraction of sp³-hybridized carbons (Fsp3) is 0.368. The summed E-state index contributed by atoms with van der Waals surface area (Å²) in [7, 11) is -3.44. The lowest BCUT2D eigenvalue weighted by Crippen LogP contribution is -2.47. The normalized spacial score (nSPS) is 24.7. The lowest BCUT2D eigenvalue weighted by atomic mass is 9.76. The lowest BCUT2D eigenvalue weighted by Gasteiger charge is -2.44. The van der Waals surface area contributed by atoms with E-state index in [4.69, 9.17) is 0 Å². The van der Waals surface area contributed by atoms with Gasteiger partial charge in [-0.25, -0.2) is 8.42 Å². The number of nitrogens with zero attached hydrogens (tertiary/aromatic N) is 1. The SMILES string of the molecule is O=S(=O)(c1ccccc1)N1Cc2ccccc2[C@@H]2CCCC[C@H]21. The third kappa shape index (κ3) is 2.50. The van der Waals surface area contributed by atoms with Gasteiger partial charge in [-0.2, -0.15) is 4.31 Å². The Bertz CT molecular complexity index is 801. The number of fused-ring (bicyclic) bond motifs is 3. The minimum Gasteiger partial charge on any atom is -0.207 e. The van der Waals surface area contributed by atoms with Gasteiger partial charge in [0.15, 0.2) is 0 Å². The van der Waals surface area contributed by atoms with Crippen molar-refractivity contribution < 1.29 is 8.42 Å². The van der Waals surface area contributed by atoms with Gasteiger partial charge < -0.3 is 0 Å². The van der Waals surface area contributed by atoms with Gasteiger partial charge in [0.2, 0.25) is 10.0 Å². The van der Waals surface area contributed by atoms with Gasteiger partial charge in [0.05, 0.1) is 4.90 Å². The van der Waals surface area contributed by atoms with Crippen molar-refractivity contribution in [2.75, 3.05) is 0 Å². The van der Waals surface area contributed by atoms with E-state index in [0.717, 1.165) is 24.8 Å². The second-order valence-corrected chi connectivity index (χ2v) is 8.41. The third-order valence-corrected chi connectivity index (χ3v) is 7.12. The van der Waals surface area contributed by atoms with E-state index in [1.807, 2.05) is 12.1 Å². The predicted molar refractivity (Wildman–Crippen MR) is 90.6 cm³/mol. The molecule has 1 fully saturated rings. The zero-order chi connectivity index (χ0) is 15.9. The van der Waals surface area contributed by atoms with Gasteiger partial charge in [0.1, 0.15) is 0 Å². The topological polar surface area (TPSA) is 37.4 Å². The highest BCUT2D eigenvalue weighted by Crippen LogP contribution is 2.43. The highest BCUT2D eigenvalue weighted by atomic mass is 32.2. The Morgan fingerprint density at radius 1 is 0.870 bits per heavy atom. The summed E-state index contributed by atoms with van der Waals surface area (Å²) in [4.78, 5) is 0.406. The summed E-state index contributed by atoms with van der Waals surface area (Å²) in [5, 5.41) is 0. The van der Waals surface area contributed by atoms with Crippen molar-refractivity contribution in [3.8, 4) is 0 Å². The van der Waals surface area contributed by atoms with E-state index < -0.39 is 10.0 Å². The number of hydrogen-bond donors (Lipinski definition) is 0. The molecule has 0 spiro atoms. The van der Waals surface area contributed by atoms with Crippen LogP contribution >= 0.6 is 0 Å². The van der Waals surface area contributed by atoms with Gasteiger partial charge in [-0.05, 0) is 36.1 Å². The Morgan fingerprint density at radius 2 is 1.57 bits per heavy atom. The van der Waals surface area contributed by atoms with Crippen molar-refractivity contribution in [2.24, 2.45) is 0 Å². The van der Waals surface area contributed by atoms with Crippen LogP contribution in [-0.4, -0.2) is 18.8 Å². The smallest absolute Gasteiger partial charge is 0.207 e. The van der Waals surface area contributed by atoms with Crippen molar-refractivity contribution in [2.45, 2.75) is 49.1 Å². The molecular formula is C19H21NO2S. The molecule has 1 heterocycles. The molecule has 1 aliphatic carbocycles. The average Bonchev–Trinajstić information content (AvgIpc) is 2.62. The van der Waals surface area contributed by atoms with Crippen LogP contribution in [0.4, 0.5) is 0 Å². The van der Waals surface area contributed by atoms with Gasteiger partial charge >= 0.3 is 0 Å². The van der Waals surface area contributed by atoms with Gasteiger partial charge in [-0.15, -0.1) is 0 Å². The summed E-state index contributed by atoms with van der Waals surface area (Å²) in [5.74, 6) is 0.340. The first-order chi connectivity index (χ1) is 11.2. The summed E-state index contributed by atoms with van der Waals surface area (Å²) in [6, 6.07) is 17.3. The molecule has 4 heteroatoms. The molecular weight excluding hydrogens is 306 g/mol. The van der Waals surface area contributed by atoms with E-state index in [1.54, 1.807) is 28.6 Å². The molecule has 1 aliphatic heterocycles. The third-order valence-electron chi connectivity index (χ3n) is 5.23. The van der Waals surface area contributed by atoms with Gasteiger partial charge in [0.25, 0.3) is 0 Å². The lowest BCUT2D eigenvalue weighted by molar-refractivity contribution is 0.200. The van der Waals surface area contributed by atoms with Crippen molar-refractivity contribution in [1.82, 2.24) is 4.31 Å². The molecule has 0 aromatic heterocycles. The maximum atomic E-state index is 13.2. The van der Waals surface area contributed by atoms with Crippen LogP contribution in [0.25, 0.3) is 0 Å². The van der Waals surface area contributed by atoms with E-state index in [-0.39, 0.29) is 6.04 Å². The zero-order valence-corrected chi connectivity index (χ0v) is 13.9. The maximum absolute atomic E-state index is 13.2. The van der Waals surface area contributed by atoms with Crippen LogP contribution in [0.3, 0.4) is 0 Å². The molecule has 0 bridgehead atoms. The Balaban J connectivity index is 1.80. The van der Waals surface area contributed by atoms with Crippen LogP contribution in [-0.2, 0) is 16.6 Å². The highest BCUT2D eigenvalue weighted by Gasteiger charge is 2.42. The fourth-order valence-electron chi connectivity index (χ4n) is 4.13. The molecule has 0 unspecified atom stereocenters. The molecule has 120 valence electrons. The van der Waals surface area contributed by atoms with Crippen LogP contribution < -0.4 is 0 Å². The quantitative estimate of drug-likeness (QED) is 0.838. The van der Waals surface area contributed by atoms with Crippen molar-refractivity contribution >= 4 is 10.0 Å². The monoisotopic (exact) mass is 327 g/mol. The molecule has 2 aliphatic rings. The van der Waals surface area contributed by atoms with Gasteiger partial charge in [-0.1, -0.05) is 55.3 Å². The Labute approximate surface area is 138 Å². The second kappa shape index (κ2) is 5.77. The largest absolute Gasteiger partial charge is 0.243 e. The van der Waals surface area contributed by atoms with Crippen molar-refractivity contribution in [3.63, 3.8) is 0 Å². The average molecular weight is 327 g/mol. The first kappa shape index (κ1) is 14.9. The van der Waals surface area contributed by atoms with Crippen LogP contribution in [0, 0.1) is 0 Å². The minimum absolute atomic E-state index is 0.101. The summed E-state index contributed by atoms with van der Waals surface area (Å²) in [5.41, 5.74) is 2.52. The maximum Gasteiger partial charge on any atom is 0.243 e. The van der Waals surface area contributed by atoms with Crippen molar-refractivity contribution in [3.05, 3.63) is 65.7 Å². The van der Waals surface area contributed by atoms with E-state index in [2.05, 4.69) is 18.2 Å². The van der Waals surface area contributed by atoms with Gasteiger partial charge in [0, 0.05) is 18.5 Å². The second-order valence-electron chi connectivity index (χ2n) is 6.52. The summed E-state index contributed by atoms with van der Waals surface area (Å²) in [6.45, 7) is 0.495. The minimum atomic E-state index is -3.44. The van der Waals surface area contributed by atoms with Crippen LogP contribution in [0.15, 0.2) is 59.5 Å². The standard InChI is InChI=1S/C19H21NO2S/c21-23(22,16-9-2-1-3-10-16)20-14-15-8-4-5-11-17(15)18-12-6-7-13-19(18)20/h1-5,8-11,18-19H,6-7,12-14H2/t18-,19+/m0/s1. The molecule has 23 heavy (non-hydrogen) atoms. The van der Waals surface area contributed by atoms with Gasteiger partial charge in [-0.3, -0.25) is 0 Å². The highest BCUT2D eigenvalue weighted by molar-refractivity contribution is 7.89. The molecule has 0 saturated heterocycles. The number of rotatable bonds is 2. The molecule has 2 atom stereocenters. The summed E-state index contributed by atoms with van der Waals surface area (Å²) < 4.78 is 28.1. The van der Waals surface area contributed by atoms with Crippen LogP contribution in [0.5, 0.6) is 0 Å². The molecule has 0 amide bonds.